The second-order valence-corrected chi connectivity index (χ2v) is 4.44. The fraction of sp³-hybridized carbons (Fsp3) is 0.111. The predicted octanol–water partition coefficient (Wildman–Crippen LogP) is 4.65. The number of halogens is 1. The maximum absolute atomic E-state index is 12.9. The fourth-order valence-electron chi connectivity index (χ4n) is 2.01. The predicted molar refractivity (Wildman–Crippen MR) is 78.1 cm³/mol. The van der Waals surface area contributed by atoms with E-state index >= 15 is 0 Å². The van der Waals surface area contributed by atoms with Crippen molar-refractivity contribution in [3.05, 3.63) is 78.1 Å². The van der Waals surface area contributed by atoms with Gasteiger partial charge in [0, 0.05) is 5.92 Å². The van der Waals surface area contributed by atoms with Crippen molar-refractivity contribution < 1.29 is 4.39 Å². The summed E-state index contributed by atoms with van der Waals surface area (Å²) < 4.78 is 12.9. The molecule has 0 amide bonds. The fourth-order valence-corrected chi connectivity index (χ4v) is 2.01. The molecule has 0 aromatic heterocycles. The largest absolute Gasteiger partial charge is 0.207 e. The van der Waals surface area contributed by atoms with E-state index in [0.29, 0.717) is 6.42 Å². The van der Waals surface area contributed by atoms with E-state index in [9.17, 15) is 4.39 Å². The zero-order chi connectivity index (χ0) is 13.7. The van der Waals surface area contributed by atoms with E-state index in [1.807, 2.05) is 30.3 Å². The summed E-state index contributed by atoms with van der Waals surface area (Å²) in [5.41, 5.74) is 2.96. The summed E-state index contributed by atoms with van der Waals surface area (Å²) in [5, 5.41) is 0. The molecule has 1 atom stereocenters. The maximum atomic E-state index is 12.9. The third kappa shape index (κ3) is 3.33. The molecule has 0 radical (unpaired) electrons. The van der Waals surface area contributed by atoms with Gasteiger partial charge in [-0.25, -0.2) is 4.39 Å². The van der Waals surface area contributed by atoms with Crippen LogP contribution in [0.4, 0.5) is 4.39 Å². The first-order valence-electron chi connectivity index (χ1n) is 6.15. The molecule has 0 heterocycles. The van der Waals surface area contributed by atoms with Crippen LogP contribution in [0.2, 0.25) is 0 Å². The lowest BCUT2D eigenvalue weighted by Crippen LogP contribution is -1.97. The highest BCUT2D eigenvalue weighted by atomic mass is 19.1. The molecular weight excluding hydrogens is 235 g/mol. The molecule has 0 N–H and O–H groups in total. The first-order chi connectivity index (χ1) is 9.20. The Morgan fingerprint density at radius 2 is 1.74 bits per heavy atom. The lowest BCUT2D eigenvalue weighted by atomic mass is 9.90. The molecule has 0 saturated carbocycles. The molecule has 0 saturated heterocycles. The van der Waals surface area contributed by atoms with Gasteiger partial charge in [0.05, 0.1) is 0 Å². The van der Waals surface area contributed by atoms with Crippen molar-refractivity contribution >= 4 is 5.57 Å². The van der Waals surface area contributed by atoms with Crippen molar-refractivity contribution in [1.29, 1.82) is 0 Å². The molecule has 0 nitrogen and oxygen atoms in total. The molecule has 0 fully saturated rings. The molecule has 0 bridgehead atoms. The normalized spacial score (nSPS) is 11.6. The number of rotatable bonds is 4. The highest BCUT2D eigenvalue weighted by Crippen LogP contribution is 2.27. The topological polar surface area (TPSA) is 0 Å². The van der Waals surface area contributed by atoms with Crippen molar-refractivity contribution in [3.63, 3.8) is 0 Å². The molecule has 0 spiro atoms. The highest BCUT2D eigenvalue weighted by molar-refractivity contribution is 5.64. The number of allylic oxidation sites excluding steroid dienone is 1. The van der Waals surface area contributed by atoms with E-state index in [1.54, 1.807) is 12.1 Å². The van der Waals surface area contributed by atoms with Crippen LogP contribution in [0.1, 0.15) is 23.5 Å². The monoisotopic (exact) mass is 250 g/mol. The second-order valence-electron chi connectivity index (χ2n) is 4.44. The van der Waals surface area contributed by atoms with E-state index in [-0.39, 0.29) is 11.7 Å². The van der Waals surface area contributed by atoms with Gasteiger partial charge in [-0.2, -0.15) is 0 Å². The minimum atomic E-state index is -0.242. The standard InChI is InChI=1S/C18H15F/c1-3-15(17-7-5-4-6-8-17)13-14(2)16-9-11-18(19)12-10-16/h1,4-12,15H,2,13H2. The van der Waals surface area contributed by atoms with Crippen LogP contribution in [0.5, 0.6) is 0 Å². The van der Waals surface area contributed by atoms with Crippen LogP contribution in [0.3, 0.4) is 0 Å². The zero-order valence-corrected chi connectivity index (χ0v) is 10.6. The first-order valence-corrected chi connectivity index (χ1v) is 6.15. The maximum Gasteiger partial charge on any atom is 0.123 e. The SMILES string of the molecule is C#CC(CC(=C)c1ccc(F)cc1)c1ccccc1. The van der Waals surface area contributed by atoms with Crippen molar-refractivity contribution in [2.75, 3.05) is 0 Å². The molecule has 2 rings (SSSR count). The molecule has 19 heavy (non-hydrogen) atoms. The van der Waals surface area contributed by atoms with Gasteiger partial charge in [0.25, 0.3) is 0 Å². The van der Waals surface area contributed by atoms with Crippen molar-refractivity contribution in [2.45, 2.75) is 12.3 Å². The van der Waals surface area contributed by atoms with Crippen LogP contribution in [-0.2, 0) is 0 Å². The Labute approximate surface area is 113 Å². The van der Waals surface area contributed by atoms with Crippen molar-refractivity contribution in [3.8, 4) is 12.3 Å². The molecule has 0 aliphatic heterocycles. The summed E-state index contributed by atoms with van der Waals surface area (Å²) in [6, 6.07) is 16.3. The third-order valence-corrected chi connectivity index (χ3v) is 3.11. The van der Waals surface area contributed by atoms with Crippen LogP contribution in [-0.4, -0.2) is 0 Å². The summed E-state index contributed by atoms with van der Waals surface area (Å²) in [6.45, 7) is 4.05. The molecule has 2 aromatic carbocycles. The summed E-state index contributed by atoms with van der Waals surface area (Å²) in [7, 11) is 0. The summed E-state index contributed by atoms with van der Waals surface area (Å²) in [4.78, 5) is 0. The summed E-state index contributed by atoms with van der Waals surface area (Å²) in [6.07, 6.45) is 6.28. The highest BCUT2D eigenvalue weighted by Gasteiger charge is 2.10. The van der Waals surface area contributed by atoms with Gasteiger partial charge in [-0.3, -0.25) is 0 Å². The summed E-state index contributed by atoms with van der Waals surface area (Å²) >= 11 is 0. The van der Waals surface area contributed by atoms with Gasteiger partial charge in [-0.1, -0.05) is 55.0 Å². The third-order valence-electron chi connectivity index (χ3n) is 3.11. The van der Waals surface area contributed by atoms with Crippen LogP contribution in [0.25, 0.3) is 5.57 Å². The van der Waals surface area contributed by atoms with E-state index in [1.165, 1.54) is 12.1 Å². The average Bonchev–Trinajstić information content (AvgIpc) is 2.46. The molecule has 94 valence electrons. The van der Waals surface area contributed by atoms with Crippen LogP contribution in [0.15, 0.2) is 61.2 Å². The lowest BCUT2D eigenvalue weighted by molar-refractivity contribution is 0.627. The van der Waals surface area contributed by atoms with E-state index in [4.69, 9.17) is 6.42 Å². The Hall–Kier alpha value is -2.33. The number of benzene rings is 2. The number of hydrogen-bond donors (Lipinski definition) is 0. The zero-order valence-electron chi connectivity index (χ0n) is 10.6. The molecule has 0 aliphatic carbocycles. The van der Waals surface area contributed by atoms with Crippen molar-refractivity contribution in [2.24, 2.45) is 0 Å². The van der Waals surface area contributed by atoms with E-state index in [2.05, 4.69) is 12.5 Å². The smallest absolute Gasteiger partial charge is 0.123 e. The molecule has 1 heteroatoms. The minimum Gasteiger partial charge on any atom is -0.207 e. The Bertz CT molecular complexity index is 588. The number of terminal acetylenes is 1. The Kier molecular flexibility index (Phi) is 4.15. The Morgan fingerprint density at radius 3 is 2.32 bits per heavy atom. The quantitative estimate of drug-likeness (QED) is 0.693. The van der Waals surface area contributed by atoms with E-state index in [0.717, 1.165) is 16.7 Å². The Balaban J connectivity index is 2.13. The van der Waals surface area contributed by atoms with E-state index < -0.39 is 0 Å². The molecule has 0 aliphatic rings. The van der Waals surface area contributed by atoms with Gasteiger partial charge in [0.15, 0.2) is 0 Å². The first kappa shape index (κ1) is 13.1. The van der Waals surface area contributed by atoms with Gasteiger partial charge < -0.3 is 0 Å². The number of hydrogen-bond acceptors (Lipinski definition) is 0. The lowest BCUT2D eigenvalue weighted by Gasteiger charge is -2.13. The average molecular weight is 250 g/mol. The van der Waals surface area contributed by atoms with Crippen LogP contribution in [0, 0.1) is 18.2 Å². The van der Waals surface area contributed by atoms with Gasteiger partial charge in [-0.15, -0.1) is 6.42 Å². The molecule has 1 unspecified atom stereocenters. The molecule has 2 aromatic rings. The summed E-state index contributed by atoms with van der Waals surface area (Å²) in [5.74, 6) is 2.55. The van der Waals surface area contributed by atoms with Crippen LogP contribution >= 0.6 is 0 Å². The van der Waals surface area contributed by atoms with Crippen LogP contribution < -0.4 is 0 Å². The Morgan fingerprint density at radius 1 is 1.11 bits per heavy atom. The second kappa shape index (κ2) is 6.02. The van der Waals surface area contributed by atoms with Crippen molar-refractivity contribution in [1.82, 2.24) is 0 Å². The van der Waals surface area contributed by atoms with Gasteiger partial charge in [-0.05, 0) is 35.3 Å². The van der Waals surface area contributed by atoms with Gasteiger partial charge in [0.1, 0.15) is 5.82 Å². The van der Waals surface area contributed by atoms with Gasteiger partial charge >= 0.3 is 0 Å². The van der Waals surface area contributed by atoms with Gasteiger partial charge in [0.2, 0.25) is 0 Å². The minimum absolute atomic E-state index is 0.00115. The molecular formula is C18H15F.